The Morgan fingerprint density at radius 2 is 1.55 bits per heavy atom. The minimum atomic E-state index is -0.240. The van der Waals surface area contributed by atoms with E-state index in [-0.39, 0.29) is 5.91 Å². The highest BCUT2D eigenvalue weighted by Crippen LogP contribution is 2.17. The number of carbonyl (C=O) groups excluding carboxylic acids is 1. The fourth-order valence-electron chi connectivity index (χ4n) is 3.32. The first-order chi connectivity index (χ1) is 14.1. The van der Waals surface area contributed by atoms with Crippen LogP contribution in [0.25, 0.3) is 11.4 Å². The van der Waals surface area contributed by atoms with Crippen molar-refractivity contribution in [2.75, 3.05) is 0 Å². The van der Waals surface area contributed by atoms with Gasteiger partial charge in [0, 0.05) is 46.3 Å². The molecular formula is C24H22N4O. The third-order valence-electron chi connectivity index (χ3n) is 4.81. The molecule has 144 valence electrons. The molecule has 2 aromatic carbocycles. The standard InChI is InChI=1S/C24H22N4O/c1-18-8-9-19(2)28(18)23-12-10-21(11-13-23)24(29)26-25-16-20-14-15-27(17-20)22-6-4-3-5-7-22/h3-17H,1-2H3,(H,26,29)/b25-16-. The molecule has 2 heterocycles. The molecule has 1 amide bonds. The molecule has 4 aromatic rings. The first-order valence-corrected chi connectivity index (χ1v) is 9.44. The van der Waals surface area contributed by atoms with Gasteiger partial charge in [0.05, 0.1) is 6.21 Å². The maximum atomic E-state index is 12.4. The SMILES string of the molecule is Cc1ccc(C)n1-c1ccc(C(=O)N/N=C\c2ccn(-c3ccccc3)c2)cc1. The normalized spacial score (nSPS) is 11.1. The van der Waals surface area contributed by atoms with Crippen molar-refractivity contribution in [2.24, 2.45) is 5.10 Å². The number of benzene rings is 2. The van der Waals surface area contributed by atoms with E-state index in [1.54, 1.807) is 6.21 Å². The summed E-state index contributed by atoms with van der Waals surface area (Å²) in [6.07, 6.45) is 5.56. The van der Waals surface area contributed by atoms with Crippen molar-refractivity contribution in [3.63, 3.8) is 0 Å². The van der Waals surface area contributed by atoms with E-state index in [1.165, 1.54) is 0 Å². The van der Waals surface area contributed by atoms with Gasteiger partial charge in [0.1, 0.15) is 0 Å². The van der Waals surface area contributed by atoms with Gasteiger partial charge in [0.15, 0.2) is 0 Å². The number of hydrogen-bond acceptors (Lipinski definition) is 2. The molecule has 0 saturated carbocycles. The zero-order valence-electron chi connectivity index (χ0n) is 16.4. The number of amides is 1. The highest BCUT2D eigenvalue weighted by atomic mass is 16.2. The van der Waals surface area contributed by atoms with Gasteiger partial charge in [-0.15, -0.1) is 0 Å². The lowest BCUT2D eigenvalue weighted by molar-refractivity contribution is 0.0955. The summed E-state index contributed by atoms with van der Waals surface area (Å²) < 4.78 is 4.16. The highest BCUT2D eigenvalue weighted by Gasteiger charge is 2.07. The molecule has 0 fully saturated rings. The van der Waals surface area contributed by atoms with Crippen LogP contribution < -0.4 is 5.43 Å². The number of hydrogen-bond donors (Lipinski definition) is 1. The van der Waals surface area contributed by atoms with Gasteiger partial charge >= 0.3 is 0 Å². The van der Waals surface area contributed by atoms with Gasteiger partial charge in [-0.3, -0.25) is 4.79 Å². The molecule has 0 saturated heterocycles. The lowest BCUT2D eigenvalue weighted by Gasteiger charge is -2.09. The van der Waals surface area contributed by atoms with Crippen LogP contribution in [0.5, 0.6) is 0 Å². The summed E-state index contributed by atoms with van der Waals surface area (Å²) in [6.45, 7) is 4.13. The Morgan fingerprint density at radius 3 is 2.24 bits per heavy atom. The monoisotopic (exact) mass is 382 g/mol. The first-order valence-electron chi connectivity index (χ1n) is 9.44. The molecule has 29 heavy (non-hydrogen) atoms. The Hall–Kier alpha value is -3.86. The van der Waals surface area contributed by atoms with Crippen LogP contribution in [0.4, 0.5) is 0 Å². The predicted molar refractivity (Wildman–Crippen MR) is 116 cm³/mol. The topological polar surface area (TPSA) is 51.3 Å². The first kappa shape index (κ1) is 18.5. The average molecular weight is 382 g/mol. The smallest absolute Gasteiger partial charge is 0.271 e. The third kappa shape index (κ3) is 4.04. The van der Waals surface area contributed by atoms with Crippen LogP contribution in [0.2, 0.25) is 0 Å². The number of nitrogens with one attached hydrogen (secondary N) is 1. The molecule has 0 bridgehead atoms. The van der Waals surface area contributed by atoms with Gasteiger partial charge in [0.25, 0.3) is 5.91 Å². The van der Waals surface area contributed by atoms with Crippen LogP contribution in [0, 0.1) is 13.8 Å². The summed E-state index contributed by atoms with van der Waals surface area (Å²) >= 11 is 0. The minimum Gasteiger partial charge on any atom is -0.323 e. The van der Waals surface area contributed by atoms with Crippen molar-refractivity contribution in [1.82, 2.24) is 14.6 Å². The van der Waals surface area contributed by atoms with E-state index >= 15 is 0 Å². The van der Waals surface area contributed by atoms with Crippen LogP contribution in [0.15, 0.2) is 90.3 Å². The molecule has 0 radical (unpaired) electrons. The van der Waals surface area contributed by atoms with Crippen molar-refractivity contribution in [1.29, 1.82) is 0 Å². The molecule has 0 aliphatic carbocycles. The zero-order valence-corrected chi connectivity index (χ0v) is 16.4. The van der Waals surface area contributed by atoms with Gasteiger partial charge in [0.2, 0.25) is 0 Å². The predicted octanol–water partition coefficient (Wildman–Crippen LogP) is 4.65. The van der Waals surface area contributed by atoms with Gasteiger partial charge in [-0.25, -0.2) is 5.43 Å². The van der Waals surface area contributed by atoms with Crippen LogP contribution in [-0.4, -0.2) is 21.3 Å². The van der Waals surface area contributed by atoms with Crippen molar-refractivity contribution >= 4 is 12.1 Å². The summed E-state index contributed by atoms with van der Waals surface area (Å²) in [7, 11) is 0. The lowest BCUT2D eigenvalue weighted by atomic mass is 10.2. The number of aryl methyl sites for hydroxylation is 2. The van der Waals surface area contributed by atoms with Crippen LogP contribution in [-0.2, 0) is 0 Å². The number of aromatic nitrogens is 2. The molecule has 0 unspecified atom stereocenters. The second-order valence-electron chi connectivity index (χ2n) is 6.89. The van der Waals surface area contributed by atoms with Crippen molar-refractivity contribution in [2.45, 2.75) is 13.8 Å². The molecule has 2 aromatic heterocycles. The van der Waals surface area contributed by atoms with Crippen LogP contribution in [0.3, 0.4) is 0 Å². The number of para-hydroxylation sites is 1. The van der Waals surface area contributed by atoms with Gasteiger partial charge in [-0.1, -0.05) is 18.2 Å². The molecule has 0 spiro atoms. The van der Waals surface area contributed by atoms with Crippen molar-refractivity contribution in [3.05, 3.63) is 108 Å². The maximum absolute atomic E-state index is 12.4. The Bertz CT molecular complexity index is 1130. The molecule has 0 aliphatic heterocycles. The zero-order chi connectivity index (χ0) is 20.2. The minimum absolute atomic E-state index is 0.240. The number of carbonyl (C=O) groups is 1. The Kier molecular flexibility index (Phi) is 5.12. The molecule has 0 aliphatic rings. The average Bonchev–Trinajstić information content (AvgIpc) is 3.35. The molecule has 0 atom stereocenters. The fraction of sp³-hybridized carbons (Fsp3) is 0.0833. The summed E-state index contributed by atoms with van der Waals surface area (Å²) in [5.74, 6) is -0.240. The van der Waals surface area contributed by atoms with E-state index in [9.17, 15) is 4.79 Å². The molecule has 1 N–H and O–H groups in total. The molecule has 5 heteroatoms. The van der Waals surface area contributed by atoms with Crippen molar-refractivity contribution < 1.29 is 4.79 Å². The number of nitrogens with zero attached hydrogens (tertiary/aromatic N) is 3. The van der Waals surface area contributed by atoms with Crippen molar-refractivity contribution in [3.8, 4) is 11.4 Å². The highest BCUT2D eigenvalue weighted by molar-refractivity contribution is 5.95. The summed E-state index contributed by atoms with van der Waals surface area (Å²) in [4.78, 5) is 12.4. The molecule has 5 nitrogen and oxygen atoms in total. The van der Waals surface area contributed by atoms with E-state index in [4.69, 9.17) is 0 Å². The second kappa shape index (κ2) is 8.02. The summed E-state index contributed by atoms with van der Waals surface area (Å²) in [5, 5.41) is 4.08. The quantitative estimate of drug-likeness (QED) is 0.396. The molecule has 4 rings (SSSR count). The fourth-order valence-corrected chi connectivity index (χ4v) is 3.32. The van der Waals surface area contributed by atoms with Gasteiger partial charge in [-0.05, 0) is 68.4 Å². The van der Waals surface area contributed by atoms with Crippen LogP contribution >= 0.6 is 0 Å². The Balaban J connectivity index is 1.40. The van der Waals surface area contributed by atoms with E-state index in [0.29, 0.717) is 5.56 Å². The summed E-state index contributed by atoms with van der Waals surface area (Å²) in [6, 6.07) is 23.6. The second-order valence-corrected chi connectivity index (χ2v) is 6.89. The maximum Gasteiger partial charge on any atom is 0.271 e. The third-order valence-corrected chi connectivity index (χ3v) is 4.81. The van der Waals surface area contributed by atoms with E-state index in [2.05, 4.69) is 41.1 Å². The van der Waals surface area contributed by atoms with Gasteiger partial charge < -0.3 is 9.13 Å². The molecular weight excluding hydrogens is 360 g/mol. The van der Waals surface area contributed by atoms with E-state index in [0.717, 1.165) is 28.3 Å². The largest absolute Gasteiger partial charge is 0.323 e. The van der Waals surface area contributed by atoms with Crippen LogP contribution in [0.1, 0.15) is 27.3 Å². The number of rotatable bonds is 5. The lowest BCUT2D eigenvalue weighted by Crippen LogP contribution is -2.17. The summed E-state index contributed by atoms with van der Waals surface area (Å²) in [5.41, 5.74) is 8.48. The Labute approximate surface area is 169 Å². The Morgan fingerprint density at radius 1 is 0.862 bits per heavy atom. The number of hydrazone groups is 1. The van der Waals surface area contributed by atoms with E-state index < -0.39 is 0 Å². The van der Waals surface area contributed by atoms with Gasteiger partial charge in [-0.2, -0.15) is 5.10 Å². The van der Waals surface area contributed by atoms with E-state index in [1.807, 2.05) is 77.6 Å².